The minimum atomic E-state index is 0.0709. The van der Waals surface area contributed by atoms with E-state index in [1.165, 1.54) is 12.8 Å². The summed E-state index contributed by atoms with van der Waals surface area (Å²) in [7, 11) is 0. The highest BCUT2D eigenvalue weighted by Crippen LogP contribution is 2.25. The molecule has 0 radical (unpaired) electrons. The van der Waals surface area contributed by atoms with E-state index in [0.717, 1.165) is 18.6 Å². The van der Waals surface area contributed by atoms with Crippen LogP contribution in [0.15, 0.2) is 24.3 Å². The molecule has 0 spiro atoms. The molecule has 0 unspecified atom stereocenters. The molecule has 1 aliphatic carbocycles. The normalized spacial score (nSPS) is 15.4. The first-order valence-electron chi connectivity index (χ1n) is 7.89. The largest absolute Gasteiger partial charge is 0.491 e. The van der Waals surface area contributed by atoms with E-state index in [1.807, 2.05) is 43.0 Å². The average Bonchev–Trinajstić information content (AvgIpc) is 2.97. The van der Waals surface area contributed by atoms with Gasteiger partial charge >= 0.3 is 0 Å². The van der Waals surface area contributed by atoms with E-state index in [0.29, 0.717) is 24.7 Å². The zero-order valence-corrected chi connectivity index (χ0v) is 13.0. The molecule has 1 amide bonds. The van der Waals surface area contributed by atoms with Crippen LogP contribution >= 0.6 is 0 Å². The minimum Gasteiger partial charge on any atom is -0.491 e. The van der Waals surface area contributed by atoms with Crippen LogP contribution in [-0.4, -0.2) is 36.0 Å². The Morgan fingerprint density at radius 1 is 1.38 bits per heavy atom. The summed E-state index contributed by atoms with van der Waals surface area (Å²) in [6.45, 7) is 5.09. The monoisotopic (exact) mass is 290 g/mol. The predicted octanol–water partition coefficient (Wildman–Crippen LogP) is 2.82. The van der Waals surface area contributed by atoms with Gasteiger partial charge in [0.25, 0.3) is 5.91 Å². The van der Waals surface area contributed by atoms with Crippen molar-refractivity contribution in [3.05, 3.63) is 29.8 Å². The van der Waals surface area contributed by atoms with Gasteiger partial charge in [0.15, 0.2) is 0 Å². The van der Waals surface area contributed by atoms with Gasteiger partial charge in [-0.1, -0.05) is 18.9 Å². The molecule has 116 valence electrons. The van der Waals surface area contributed by atoms with Gasteiger partial charge in [0, 0.05) is 24.7 Å². The fourth-order valence-electron chi connectivity index (χ4n) is 2.95. The number of rotatable bonds is 6. The molecule has 4 heteroatoms. The highest BCUT2D eigenvalue weighted by atomic mass is 16.5. The maximum absolute atomic E-state index is 12.8. The van der Waals surface area contributed by atoms with E-state index in [4.69, 9.17) is 10.5 Å². The fraction of sp³-hybridized carbons (Fsp3) is 0.588. The summed E-state index contributed by atoms with van der Waals surface area (Å²) in [4.78, 5) is 14.7. The first kappa shape index (κ1) is 15.8. The maximum atomic E-state index is 12.8. The summed E-state index contributed by atoms with van der Waals surface area (Å²) in [6.07, 6.45) is 4.69. The Balaban J connectivity index is 2.15. The summed E-state index contributed by atoms with van der Waals surface area (Å²) < 4.78 is 5.67. The van der Waals surface area contributed by atoms with Gasteiger partial charge in [0.2, 0.25) is 0 Å². The highest BCUT2D eigenvalue weighted by molar-refractivity contribution is 5.94. The van der Waals surface area contributed by atoms with Gasteiger partial charge < -0.3 is 15.4 Å². The zero-order valence-electron chi connectivity index (χ0n) is 13.0. The van der Waals surface area contributed by atoms with Crippen molar-refractivity contribution in [3.63, 3.8) is 0 Å². The van der Waals surface area contributed by atoms with E-state index < -0.39 is 0 Å². The Bertz CT molecular complexity index is 468. The number of hydrogen-bond donors (Lipinski definition) is 1. The minimum absolute atomic E-state index is 0.0709. The Hall–Kier alpha value is -1.55. The third-order valence-corrected chi connectivity index (χ3v) is 3.85. The molecule has 2 N–H and O–H groups in total. The molecule has 0 aromatic heterocycles. The molecule has 0 aliphatic heterocycles. The average molecular weight is 290 g/mol. The Morgan fingerprint density at radius 2 is 2.10 bits per heavy atom. The summed E-state index contributed by atoms with van der Waals surface area (Å²) in [5.41, 5.74) is 6.38. The molecular formula is C17H26N2O2. The number of carbonyl (C=O) groups is 1. The van der Waals surface area contributed by atoms with E-state index >= 15 is 0 Å². The third-order valence-electron chi connectivity index (χ3n) is 3.85. The summed E-state index contributed by atoms with van der Waals surface area (Å²) in [6, 6.07) is 7.80. The smallest absolute Gasteiger partial charge is 0.254 e. The molecule has 1 aliphatic rings. The van der Waals surface area contributed by atoms with Crippen LogP contribution < -0.4 is 10.5 Å². The Labute approximate surface area is 127 Å². The summed E-state index contributed by atoms with van der Waals surface area (Å²) in [5.74, 6) is 0.816. The van der Waals surface area contributed by atoms with Crippen LogP contribution in [0.5, 0.6) is 5.75 Å². The quantitative estimate of drug-likeness (QED) is 0.876. The molecule has 2 rings (SSSR count). The number of nitrogens with two attached hydrogens (primary N) is 1. The van der Waals surface area contributed by atoms with Gasteiger partial charge in [0.1, 0.15) is 5.75 Å². The van der Waals surface area contributed by atoms with Gasteiger partial charge in [0.05, 0.1) is 6.10 Å². The van der Waals surface area contributed by atoms with Gasteiger partial charge in [-0.15, -0.1) is 0 Å². The van der Waals surface area contributed by atoms with Crippen LogP contribution in [-0.2, 0) is 0 Å². The van der Waals surface area contributed by atoms with Gasteiger partial charge in [-0.25, -0.2) is 0 Å². The second kappa shape index (κ2) is 7.46. The molecule has 1 fully saturated rings. The SMILES string of the molecule is CC(C)Oc1cccc(C(=O)N(CCN)C2CCCC2)c1. The van der Waals surface area contributed by atoms with Gasteiger partial charge in [-0.2, -0.15) is 0 Å². The number of amides is 1. The lowest BCUT2D eigenvalue weighted by Crippen LogP contribution is -2.42. The number of benzene rings is 1. The first-order valence-corrected chi connectivity index (χ1v) is 7.89. The van der Waals surface area contributed by atoms with Crippen molar-refractivity contribution in [3.8, 4) is 5.75 Å². The predicted molar refractivity (Wildman–Crippen MR) is 84.6 cm³/mol. The second-order valence-corrected chi connectivity index (χ2v) is 5.92. The summed E-state index contributed by atoms with van der Waals surface area (Å²) >= 11 is 0. The number of carbonyl (C=O) groups excluding carboxylic acids is 1. The second-order valence-electron chi connectivity index (χ2n) is 5.92. The van der Waals surface area contributed by atoms with Crippen LogP contribution in [0.3, 0.4) is 0 Å². The van der Waals surface area contributed by atoms with E-state index in [1.54, 1.807) is 0 Å². The molecule has 0 bridgehead atoms. The van der Waals surface area contributed by atoms with Crippen molar-refractivity contribution in [1.29, 1.82) is 0 Å². The molecule has 0 saturated heterocycles. The lowest BCUT2D eigenvalue weighted by molar-refractivity contribution is 0.0687. The highest BCUT2D eigenvalue weighted by Gasteiger charge is 2.26. The zero-order chi connectivity index (χ0) is 15.2. The van der Waals surface area contributed by atoms with Crippen molar-refractivity contribution in [2.45, 2.75) is 51.7 Å². The summed E-state index contributed by atoms with van der Waals surface area (Å²) in [5, 5.41) is 0. The standard InChI is InChI=1S/C17H26N2O2/c1-13(2)21-16-9-5-6-14(12-16)17(20)19(11-10-18)15-7-3-4-8-15/h5-6,9,12-13,15H,3-4,7-8,10-11,18H2,1-2H3. The number of nitrogens with zero attached hydrogens (tertiary/aromatic N) is 1. The lowest BCUT2D eigenvalue weighted by atomic mass is 10.1. The molecule has 0 heterocycles. The van der Waals surface area contributed by atoms with Gasteiger partial charge in [-0.3, -0.25) is 4.79 Å². The fourth-order valence-corrected chi connectivity index (χ4v) is 2.95. The molecule has 1 saturated carbocycles. The van der Waals surface area contributed by atoms with Crippen molar-refractivity contribution >= 4 is 5.91 Å². The van der Waals surface area contributed by atoms with Crippen LogP contribution in [0.25, 0.3) is 0 Å². The lowest BCUT2D eigenvalue weighted by Gasteiger charge is -2.28. The first-order chi connectivity index (χ1) is 10.1. The topological polar surface area (TPSA) is 55.6 Å². The van der Waals surface area contributed by atoms with Crippen LogP contribution in [0.2, 0.25) is 0 Å². The molecule has 1 aromatic carbocycles. The van der Waals surface area contributed by atoms with Gasteiger partial charge in [-0.05, 0) is 44.9 Å². The van der Waals surface area contributed by atoms with Crippen molar-refractivity contribution in [2.24, 2.45) is 5.73 Å². The van der Waals surface area contributed by atoms with E-state index in [-0.39, 0.29) is 12.0 Å². The van der Waals surface area contributed by atoms with E-state index in [9.17, 15) is 4.79 Å². The third kappa shape index (κ3) is 4.21. The van der Waals surface area contributed by atoms with Crippen molar-refractivity contribution in [1.82, 2.24) is 4.90 Å². The molecular weight excluding hydrogens is 264 g/mol. The molecule has 21 heavy (non-hydrogen) atoms. The molecule has 4 nitrogen and oxygen atoms in total. The molecule has 1 aromatic rings. The number of ether oxygens (including phenoxy) is 1. The number of hydrogen-bond acceptors (Lipinski definition) is 3. The Kier molecular flexibility index (Phi) is 5.62. The van der Waals surface area contributed by atoms with Crippen LogP contribution in [0, 0.1) is 0 Å². The van der Waals surface area contributed by atoms with Crippen LogP contribution in [0.4, 0.5) is 0 Å². The van der Waals surface area contributed by atoms with Crippen LogP contribution in [0.1, 0.15) is 49.9 Å². The van der Waals surface area contributed by atoms with E-state index in [2.05, 4.69) is 0 Å². The molecule has 0 atom stereocenters. The van der Waals surface area contributed by atoms with Crippen molar-refractivity contribution in [2.75, 3.05) is 13.1 Å². The Morgan fingerprint density at radius 3 is 2.71 bits per heavy atom. The maximum Gasteiger partial charge on any atom is 0.254 e. The van der Waals surface area contributed by atoms with Crippen molar-refractivity contribution < 1.29 is 9.53 Å².